The van der Waals surface area contributed by atoms with Crippen LogP contribution < -0.4 is 4.72 Å². The molecule has 0 aliphatic carbocycles. The third kappa shape index (κ3) is 10.1. The molecule has 3 rings (SSSR count). The molecule has 1 fully saturated rings. The van der Waals surface area contributed by atoms with Gasteiger partial charge in [0.05, 0.1) is 30.8 Å². The third-order valence-electron chi connectivity index (χ3n) is 5.67. The zero-order chi connectivity index (χ0) is 28.0. The zero-order valence-corrected chi connectivity index (χ0v) is 23.9. The monoisotopic (exact) mass is 543 g/mol. The Morgan fingerprint density at radius 2 is 1.76 bits per heavy atom. The lowest BCUT2D eigenvalue weighted by molar-refractivity contribution is 0.0215. The van der Waals surface area contributed by atoms with Crippen LogP contribution in [0.3, 0.4) is 0 Å². The molecule has 8 nitrogen and oxygen atoms in total. The minimum absolute atomic E-state index is 0.0258. The van der Waals surface area contributed by atoms with Gasteiger partial charge in [0.1, 0.15) is 12.8 Å². The first-order valence-corrected chi connectivity index (χ1v) is 14.5. The van der Waals surface area contributed by atoms with Crippen molar-refractivity contribution in [1.29, 1.82) is 0 Å². The maximum absolute atomic E-state index is 12.9. The molecule has 0 radical (unpaired) electrons. The Morgan fingerprint density at radius 3 is 2.37 bits per heavy atom. The number of aryl methyl sites for hydroxylation is 1. The van der Waals surface area contributed by atoms with Crippen LogP contribution in [-0.4, -0.2) is 70.0 Å². The first-order valence-electron chi connectivity index (χ1n) is 13.0. The van der Waals surface area contributed by atoms with Gasteiger partial charge in [0.15, 0.2) is 0 Å². The summed E-state index contributed by atoms with van der Waals surface area (Å²) in [6, 6.07) is 16.9. The molecule has 1 atom stereocenters. The smallest absolute Gasteiger partial charge is 0.254 e. The van der Waals surface area contributed by atoms with Crippen LogP contribution in [0.4, 0.5) is 0 Å². The zero-order valence-electron chi connectivity index (χ0n) is 23.1. The van der Waals surface area contributed by atoms with Crippen molar-refractivity contribution in [2.75, 3.05) is 39.5 Å². The van der Waals surface area contributed by atoms with Crippen molar-refractivity contribution in [3.05, 3.63) is 82.4 Å². The number of aliphatic hydroxyl groups excluding tert-OH is 1. The number of morpholine rings is 1. The van der Waals surface area contributed by atoms with Crippen LogP contribution in [0.25, 0.3) is 11.6 Å². The Balaban J connectivity index is 0.00000247. The lowest BCUT2D eigenvalue weighted by atomic mass is 10.0. The number of hydrogen-bond donors (Lipinski definition) is 2. The van der Waals surface area contributed by atoms with Gasteiger partial charge in [-0.05, 0) is 38.0 Å². The number of nitrogens with one attached hydrogen (secondary N) is 1. The number of ether oxygens (including phenoxy) is 2. The molecular formula is C29H41N3O5S. The van der Waals surface area contributed by atoms with Crippen molar-refractivity contribution in [1.82, 2.24) is 9.62 Å². The molecule has 0 saturated carbocycles. The van der Waals surface area contributed by atoms with Gasteiger partial charge in [0.25, 0.3) is 10.0 Å². The van der Waals surface area contributed by atoms with Crippen molar-refractivity contribution in [2.45, 2.75) is 40.8 Å². The highest BCUT2D eigenvalue weighted by atomic mass is 32.2. The molecule has 0 amide bonds. The van der Waals surface area contributed by atoms with Gasteiger partial charge in [-0.3, -0.25) is 9.62 Å². The first kappa shape index (κ1) is 31.2. The molecule has 1 saturated heterocycles. The minimum atomic E-state index is -3.82. The van der Waals surface area contributed by atoms with Crippen LogP contribution in [0.1, 0.15) is 44.4 Å². The molecule has 38 heavy (non-hydrogen) atoms. The Bertz CT molecular complexity index is 1170. The summed E-state index contributed by atoms with van der Waals surface area (Å²) in [5.74, 6) is 0.263. The van der Waals surface area contributed by atoms with Crippen LogP contribution in [0.15, 0.2) is 70.7 Å². The van der Waals surface area contributed by atoms with Crippen molar-refractivity contribution in [2.24, 2.45) is 4.99 Å². The average molecular weight is 544 g/mol. The number of rotatable bonds is 10. The molecule has 1 heterocycles. The average Bonchev–Trinajstić information content (AvgIpc) is 2.93. The topological polar surface area (TPSA) is 100 Å². The summed E-state index contributed by atoms with van der Waals surface area (Å²) >= 11 is 0. The van der Waals surface area contributed by atoms with E-state index in [-0.39, 0.29) is 25.3 Å². The van der Waals surface area contributed by atoms with Gasteiger partial charge in [-0.25, -0.2) is 13.4 Å². The largest absolute Gasteiger partial charge is 0.475 e. The van der Waals surface area contributed by atoms with Gasteiger partial charge in [-0.2, -0.15) is 0 Å². The molecule has 0 bridgehead atoms. The van der Waals surface area contributed by atoms with E-state index in [4.69, 9.17) is 14.5 Å². The van der Waals surface area contributed by atoms with Crippen LogP contribution in [0.5, 0.6) is 0 Å². The second-order valence-corrected chi connectivity index (χ2v) is 10.1. The van der Waals surface area contributed by atoms with Crippen molar-refractivity contribution in [3.8, 4) is 0 Å². The van der Waals surface area contributed by atoms with Crippen molar-refractivity contribution >= 4 is 27.6 Å². The fourth-order valence-corrected chi connectivity index (χ4v) is 4.70. The summed E-state index contributed by atoms with van der Waals surface area (Å²) < 4.78 is 39.9. The normalized spacial score (nSPS) is 16.3. The van der Waals surface area contributed by atoms with Gasteiger partial charge in [-0.1, -0.05) is 74.0 Å². The van der Waals surface area contributed by atoms with E-state index in [1.165, 1.54) is 0 Å². The highest BCUT2D eigenvalue weighted by Crippen LogP contribution is 2.23. The van der Waals surface area contributed by atoms with Crippen molar-refractivity contribution < 1.29 is 23.0 Å². The van der Waals surface area contributed by atoms with Gasteiger partial charge in [0, 0.05) is 18.8 Å². The highest BCUT2D eigenvalue weighted by molar-refractivity contribution is 7.92. The van der Waals surface area contributed by atoms with Gasteiger partial charge >= 0.3 is 0 Å². The van der Waals surface area contributed by atoms with Gasteiger partial charge in [0.2, 0.25) is 5.90 Å². The first-order chi connectivity index (χ1) is 18.3. The highest BCUT2D eigenvalue weighted by Gasteiger charge is 2.22. The summed E-state index contributed by atoms with van der Waals surface area (Å²) in [6.07, 6.45) is 1.31. The van der Waals surface area contributed by atoms with E-state index in [9.17, 15) is 13.5 Å². The quantitative estimate of drug-likeness (QED) is 0.340. The molecule has 208 valence electrons. The van der Waals surface area contributed by atoms with E-state index < -0.39 is 10.0 Å². The molecule has 1 aliphatic rings. The predicted molar refractivity (Wildman–Crippen MR) is 155 cm³/mol. The minimum Gasteiger partial charge on any atom is -0.475 e. The molecule has 1 unspecified atom stereocenters. The summed E-state index contributed by atoms with van der Waals surface area (Å²) in [6.45, 7) is 12.2. The van der Waals surface area contributed by atoms with E-state index in [1.807, 2.05) is 82.3 Å². The van der Waals surface area contributed by atoms with Crippen LogP contribution in [0.2, 0.25) is 0 Å². The number of aliphatic hydroxyl groups is 1. The Hall–Kier alpha value is -2.98. The molecule has 2 N–H and O–H groups in total. The second-order valence-electron chi connectivity index (χ2n) is 8.51. The summed E-state index contributed by atoms with van der Waals surface area (Å²) in [5.41, 5.74) is 3.47. The second kappa shape index (κ2) is 16.1. The number of aliphatic imine (C=N–C) groups is 1. The standard InChI is InChI=1S/C27H35N3O5S.C2H6/c1-21-9-11-25(12-10-21)26(22(2)29-36(32,33)20-13-24-7-5-4-6-8-24)27(35-19-16-31)28-23(3)30-14-17-34-18-15-30;1-2/h4-13,20,23,29,31H,14-19H2,1-3H3;1-2H3/b20-13+,26-22+,28-27+;. The van der Waals surface area contributed by atoms with Crippen molar-refractivity contribution in [3.63, 3.8) is 0 Å². The number of sulfonamides is 1. The molecule has 2 aromatic rings. The molecule has 9 heteroatoms. The van der Waals surface area contributed by atoms with E-state index in [2.05, 4.69) is 9.62 Å². The van der Waals surface area contributed by atoms with E-state index >= 15 is 0 Å². The summed E-state index contributed by atoms with van der Waals surface area (Å²) in [5, 5.41) is 10.6. The predicted octanol–water partition coefficient (Wildman–Crippen LogP) is 4.43. The number of allylic oxidation sites excluding steroid dienone is 1. The maximum Gasteiger partial charge on any atom is 0.254 e. The van der Waals surface area contributed by atoms with Gasteiger partial charge in [-0.15, -0.1) is 0 Å². The van der Waals surface area contributed by atoms with Crippen LogP contribution >= 0.6 is 0 Å². The van der Waals surface area contributed by atoms with E-state index in [0.717, 1.165) is 35.2 Å². The van der Waals surface area contributed by atoms with Crippen LogP contribution in [0, 0.1) is 6.92 Å². The number of hydrogen-bond acceptors (Lipinski definition) is 7. The van der Waals surface area contributed by atoms with Crippen LogP contribution in [-0.2, 0) is 19.5 Å². The number of nitrogens with zero attached hydrogens (tertiary/aromatic N) is 2. The van der Waals surface area contributed by atoms with E-state index in [1.54, 1.807) is 13.0 Å². The fraction of sp³-hybridized carbons (Fsp3) is 0.414. The summed E-state index contributed by atoms with van der Waals surface area (Å²) in [4.78, 5) is 6.99. The SMILES string of the molecule is C/C(NS(=O)(=O)/C=C/c1ccccc1)=C(\C(=N/C(C)N1CCOCC1)OCCO)c1ccc(C)cc1.CC. The molecule has 0 aromatic heterocycles. The molecular weight excluding hydrogens is 502 g/mol. The Labute approximate surface area is 227 Å². The Kier molecular flexibility index (Phi) is 13.2. The number of benzene rings is 2. The molecule has 0 spiro atoms. The maximum atomic E-state index is 12.9. The van der Waals surface area contributed by atoms with E-state index in [0.29, 0.717) is 24.5 Å². The Morgan fingerprint density at radius 1 is 1.13 bits per heavy atom. The van der Waals surface area contributed by atoms with Gasteiger partial charge < -0.3 is 14.6 Å². The lowest BCUT2D eigenvalue weighted by Crippen LogP contribution is -2.41. The third-order valence-corrected chi connectivity index (χ3v) is 6.76. The summed E-state index contributed by atoms with van der Waals surface area (Å²) in [7, 11) is -3.82. The fourth-order valence-electron chi connectivity index (χ4n) is 3.77. The lowest BCUT2D eigenvalue weighted by Gasteiger charge is -2.30. The molecule has 1 aliphatic heterocycles. The molecule has 2 aromatic carbocycles.